The van der Waals surface area contributed by atoms with Crippen LogP contribution in [0.2, 0.25) is 0 Å². The van der Waals surface area contributed by atoms with Crippen LogP contribution in [0.5, 0.6) is 0 Å². The minimum atomic E-state index is 0. The van der Waals surface area contributed by atoms with Crippen LogP contribution in [0, 0.1) is 0 Å². The molecule has 4 radical (unpaired) electrons. The van der Waals surface area contributed by atoms with Gasteiger partial charge in [-0.05, 0) is 0 Å². The normalized spacial score (nSPS) is 0. The van der Waals surface area contributed by atoms with Crippen LogP contribution >= 0.6 is 0 Å². The molecular formula is CH4BCoFe. The third kappa shape index (κ3) is 11.4. The van der Waals surface area contributed by atoms with Gasteiger partial charge in [-0.25, -0.2) is 0 Å². The number of rotatable bonds is 0. The van der Waals surface area contributed by atoms with Gasteiger partial charge in [0.2, 0.25) is 0 Å². The average Bonchev–Trinajstić information content (AvgIpc) is 0. The van der Waals surface area contributed by atoms with Gasteiger partial charge in [-0.15, -0.1) is 0 Å². The summed E-state index contributed by atoms with van der Waals surface area (Å²) in [5, 5.41) is 0. The summed E-state index contributed by atoms with van der Waals surface area (Å²) in [5.74, 6) is 0. The summed E-state index contributed by atoms with van der Waals surface area (Å²) in [6.45, 7) is 0. The second-order valence-electron chi connectivity index (χ2n) is 0. The summed E-state index contributed by atoms with van der Waals surface area (Å²) in [4.78, 5) is 0. The van der Waals surface area contributed by atoms with Crippen molar-refractivity contribution in [2.24, 2.45) is 0 Å². The third-order valence-electron chi connectivity index (χ3n) is 0. The zero-order chi connectivity index (χ0) is 0. The Morgan fingerprint density at radius 2 is 1.00 bits per heavy atom. The molecule has 0 fully saturated rings. The summed E-state index contributed by atoms with van der Waals surface area (Å²) in [6, 6.07) is 0. The maximum atomic E-state index is 0. The van der Waals surface area contributed by atoms with Gasteiger partial charge in [-0.2, -0.15) is 0 Å². The molecule has 0 saturated carbocycles. The first kappa shape index (κ1) is 71.6. The van der Waals surface area contributed by atoms with Crippen molar-refractivity contribution in [3.05, 3.63) is 0 Å². The molecule has 0 spiro atoms. The minimum absolute atomic E-state index is 0. The van der Waals surface area contributed by atoms with Crippen LogP contribution in [0.15, 0.2) is 0 Å². The summed E-state index contributed by atoms with van der Waals surface area (Å²) in [7, 11) is 0. The maximum Gasteiger partial charge on any atom is 0 e. The fraction of sp³-hybridized carbons (Fsp3) is 1.00. The Balaban J connectivity index is 0. The van der Waals surface area contributed by atoms with Gasteiger partial charge in [0.05, 0.1) is 0 Å². The van der Waals surface area contributed by atoms with Crippen LogP contribution in [0.1, 0.15) is 7.43 Å². The van der Waals surface area contributed by atoms with E-state index in [2.05, 4.69) is 0 Å². The fourth-order valence-electron chi connectivity index (χ4n) is 0. The molecule has 4 heavy (non-hydrogen) atoms. The maximum absolute atomic E-state index is 0. The van der Waals surface area contributed by atoms with E-state index in [1.807, 2.05) is 0 Å². The molecule has 3 heteroatoms. The molecular weight excluding hydrogens is 138 g/mol. The summed E-state index contributed by atoms with van der Waals surface area (Å²) >= 11 is 0. The van der Waals surface area contributed by atoms with E-state index < -0.39 is 0 Å². The first-order chi connectivity index (χ1) is 0. The average molecular weight is 142 g/mol. The first-order valence-corrected chi connectivity index (χ1v) is 0. The molecule has 0 atom stereocenters. The Hall–Kier alpha value is 1.09. The predicted molar refractivity (Wildman–Crippen MR) is 12.5 cm³/mol. The Morgan fingerprint density at radius 3 is 1.00 bits per heavy atom. The van der Waals surface area contributed by atoms with Crippen molar-refractivity contribution in [2.75, 3.05) is 0 Å². The van der Waals surface area contributed by atoms with Crippen LogP contribution in [0.4, 0.5) is 0 Å². The van der Waals surface area contributed by atoms with Crippen molar-refractivity contribution in [2.45, 2.75) is 7.43 Å². The van der Waals surface area contributed by atoms with Crippen LogP contribution in [0.3, 0.4) is 0 Å². The first-order valence-electron chi connectivity index (χ1n) is 0. The molecule has 0 unspecified atom stereocenters. The van der Waals surface area contributed by atoms with Crippen LogP contribution in [-0.2, 0) is 33.8 Å². The predicted octanol–water partition coefficient (Wildman–Crippen LogP) is 0.250. The van der Waals surface area contributed by atoms with E-state index in [4.69, 9.17) is 0 Å². The smallest absolute Gasteiger partial charge is 0 e. The van der Waals surface area contributed by atoms with Crippen LogP contribution < -0.4 is 0 Å². The fourth-order valence-corrected chi connectivity index (χ4v) is 0. The quantitative estimate of drug-likeness (QED) is 0.425. The molecule has 0 aromatic carbocycles. The number of hydrogen-bond donors (Lipinski definition) is 0. The Kier molecular flexibility index (Phi) is 588. The number of hydrogen-bond acceptors (Lipinski definition) is 0. The SMILES string of the molecule is C.[B].[Co].[Fe]. The molecule has 28 valence electrons. The molecule has 0 aliphatic rings. The molecule has 0 rings (SSSR count). The second kappa shape index (κ2) is 32.8. The van der Waals surface area contributed by atoms with Gasteiger partial charge < -0.3 is 0 Å². The van der Waals surface area contributed by atoms with Crippen LogP contribution in [-0.4, -0.2) is 8.41 Å². The van der Waals surface area contributed by atoms with Crippen molar-refractivity contribution in [1.82, 2.24) is 0 Å². The second-order valence-corrected chi connectivity index (χ2v) is 0. The molecule has 0 bridgehead atoms. The molecule has 0 amide bonds. The molecule has 0 nitrogen and oxygen atoms in total. The summed E-state index contributed by atoms with van der Waals surface area (Å²) < 4.78 is 0. The van der Waals surface area contributed by atoms with Gasteiger partial charge in [0.15, 0.2) is 0 Å². The molecule has 0 aliphatic heterocycles. The van der Waals surface area contributed by atoms with E-state index >= 15 is 0 Å². The largest absolute Gasteiger partial charge is 0.0776 e. The zero-order valence-corrected chi connectivity index (χ0v) is 3.41. The van der Waals surface area contributed by atoms with Gasteiger partial charge in [-0.1, -0.05) is 7.43 Å². The van der Waals surface area contributed by atoms with E-state index in [0.717, 1.165) is 0 Å². The summed E-state index contributed by atoms with van der Waals surface area (Å²) in [5.41, 5.74) is 0. The topological polar surface area (TPSA) is 0 Å². The van der Waals surface area contributed by atoms with E-state index in [9.17, 15) is 0 Å². The Morgan fingerprint density at radius 1 is 1.00 bits per heavy atom. The van der Waals surface area contributed by atoms with Gasteiger partial charge >= 0.3 is 0 Å². The van der Waals surface area contributed by atoms with Gasteiger partial charge in [-0.3, -0.25) is 0 Å². The monoisotopic (exact) mass is 142 g/mol. The van der Waals surface area contributed by atoms with Crippen molar-refractivity contribution < 1.29 is 33.8 Å². The Bertz CT molecular complexity index is 8.00. The summed E-state index contributed by atoms with van der Waals surface area (Å²) in [6.07, 6.45) is 0. The van der Waals surface area contributed by atoms with E-state index in [-0.39, 0.29) is 49.7 Å². The van der Waals surface area contributed by atoms with Gasteiger partial charge in [0.25, 0.3) is 0 Å². The standard InChI is InChI=1S/CH4.B.Co.Fe/h1H4;;;. The third-order valence-corrected chi connectivity index (χ3v) is 0. The van der Waals surface area contributed by atoms with E-state index in [0.29, 0.717) is 0 Å². The molecule has 0 aromatic heterocycles. The molecule has 0 aliphatic carbocycles. The van der Waals surface area contributed by atoms with E-state index in [1.165, 1.54) is 0 Å². The van der Waals surface area contributed by atoms with Gasteiger partial charge in [0.1, 0.15) is 0 Å². The molecule has 0 N–H and O–H groups in total. The van der Waals surface area contributed by atoms with E-state index in [1.54, 1.807) is 0 Å². The van der Waals surface area contributed by atoms with Crippen molar-refractivity contribution in [3.8, 4) is 0 Å². The molecule has 0 aromatic rings. The minimum Gasteiger partial charge on any atom is -0.0776 e. The van der Waals surface area contributed by atoms with Crippen molar-refractivity contribution >= 4 is 8.41 Å². The zero-order valence-electron chi connectivity index (χ0n) is 1.26. The molecule has 0 saturated heterocycles. The molecule has 0 heterocycles. The van der Waals surface area contributed by atoms with Crippen molar-refractivity contribution in [3.63, 3.8) is 0 Å². The van der Waals surface area contributed by atoms with Crippen LogP contribution in [0.25, 0.3) is 0 Å². The van der Waals surface area contributed by atoms with Gasteiger partial charge in [0, 0.05) is 42.3 Å². The van der Waals surface area contributed by atoms with Crippen molar-refractivity contribution in [1.29, 1.82) is 0 Å². The Labute approximate surface area is 50.0 Å².